The Hall–Kier alpha value is -1.14. The van der Waals surface area contributed by atoms with Gasteiger partial charge in [-0.25, -0.2) is 0 Å². The molecule has 48 heavy (non-hydrogen) atoms. The van der Waals surface area contributed by atoms with Crippen LogP contribution in [-0.2, 0) is 9.59 Å². The lowest BCUT2D eigenvalue weighted by atomic mass is 10.0. The van der Waals surface area contributed by atoms with Crippen molar-refractivity contribution in [1.29, 1.82) is 0 Å². The van der Waals surface area contributed by atoms with E-state index < -0.39 is 0 Å². The van der Waals surface area contributed by atoms with Crippen LogP contribution in [0.5, 0.6) is 0 Å². The van der Waals surface area contributed by atoms with Gasteiger partial charge in [0, 0.05) is 39.0 Å². The summed E-state index contributed by atoms with van der Waals surface area (Å²) in [5, 5.41) is 9.58. The molecule has 0 radical (unpaired) electrons. The van der Waals surface area contributed by atoms with Crippen LogP contribution in [0.4, 0.5) is 0 Å². The average Bonchev–Trinajstić information content (AvgIpc) is 3.08. The third-order valence-corrected chi connectivity index (χ3v) is 9.85. The Morgan fingerprint density at radius 3 is 1.08 bits per heavy atom. The summed E-state index contributed by atoms with van der Waals surface area (Å²) in [4.78, 5) is 26.5. The number of carbonyl (C=O) groups is 2. The number of nitrogens with zero attached hydrogens (tertiary/aromatic N) is 1. The van der Waals surface area contributed by atoms with E-state index in [0.29, 0.717) is 12.8 Å². The molecule has 286 valence electrons. The second-order valence-electron chi connectivity index (χ2n) is 14.8. The summed E-state index contributed by atoms with van der Waals surface area (Å²) in [6.07, 6.45) is 40.2. The van der Waals surface area contributed by atoms with Crippen molar-refractivity contribution >= 4 is 11.8 Å². The summed E-state index contributed by atoms with van der Waals surface area (Å²) < 4.78 is 0. The van der Waals surface area contributed by atoms with Crippen molar-refractivity contribution in [3.8, 4) is 0 Å². The number of nitrogens with one attached hydrogen (secondary N) is 3. The lowest BCUT2D eigenvalue weighted by Crippen LogP contribution is -2.31. The predicted molar refractivity (Wildman–Crippen MR) is 211 cm³/mol. The minimum atomic E-state index is 0.161. The van der Waals surface area contributed by atoms with E-state index in [2.05, 4.69) is 41.7 Å². The standard InChI is InChI=1S/C42H86N4O2/c1-4-6-8-10-12-14-16-18-20-22-24-26-28-30-36-44-41(47)33-38-43-35-32-39-46(3)40-34-42(48)45-37-31-29-27-25-23-21-19-17-15-13-11-9-7-5-2/h43H,4-40H2,1-3H3,(H,44,47)(H,45,48). The van der Waals surface area contributed by atoms with Crippen LogP contribution in [0, 0.1) is 0 Å². The van der Waals surface area contributed by atoms with Gasteiger partial charge in [-0.3, -0.25) is 9.59 Å². The number of carbonyl (C=O) groups excluding carboxylic acids is 2. The van der Waals surface area contributed by atoms with Crippen LogP contribution < -0.4 is 16.0 Å². The van der Waals surface area contributed by atoms with Crippen LogP contribution in [0.3, 0.4) is 0 Å². The van der Waals surface area contributed by atoms with Gasteiger partial charge in [0.05, 0.1) is 0 Å². The van der Waals surface area contributed by atoms with E-state index in [1.807, 2.05) is 0 Å². The Bertz CT molecular complexity index is 660. The minimum absolute atomic E-state index is 0.161. The first-order chi connectivity index (χ1) is 23.6. The fraction of sp³-hybridized carbons (Fsp3) is 0.952. The Balaban J connectivity index is 3.34. The van der Waals surface area contributed by atoms with E-state index in [1.165, 1.54) is 167 Å². The van der Waals surface area contributed by atoms with Gasteiger partial charge in [0.25, 0.3) is 0 Å². The van der Waals surface area contributed by atoms with Gasteiger partial charge in [-0.05, 0) is 39.4 Å². The maximum Gasteiger partial charge on any atom is 0.221 e. The molecule has 0 bridgehead atoms. The molecule has 0 atom stereocenters. The van der Waals surface area contributed by atoms with E-state index in [1.54, 1.807) is 0 Å². The summed E-state index contributed by atoms with van der Waals surface area (Å²) in [6, 6.07) is 0. The zero-order chi connectivity index (χ0) is 35.0. The van der Waals surface area contributed by atoms with Crippen LogP contribution in [-0.4, -0.2) is 63.0 Å². The van der Waals surface area contributed by atoms with Crippen LogP contribution in [0.25, 0.3) is 0 Å². The van der Waals surface area contributed by atoms with Gasteiger partial charge in [0.2, 0.25) is 11.8 Å². The zero-order valence-electron chi connectivity index (χ0n) is 32.9. The molecule has 0 fully saturated rings. The van der Waals surface area contributed by atoms with Crippen LogP contribution >= 0.6 is 0 Å². The molecule has 0 spiro atoms. The lowest BCUT2D eigenvalue weighted by Gasteiger charge is -2.16. The third kappa shape index (κ3) is 39.3. The van der Waals surface area contributed by atoms with Crippen LogP contribution in [0.15, 0.2) is 0 Å². The molecular formula is C42H86N4O2. The van der Waals surface area contributed by atoms with Crippen molar-refractivity contribution in [2.45, 2.75) is 213 Å². The second-order valence-corrected chi connectivity index (χ2v) is 14.8. The van der Waals surface area contributed by atoms with Crippen LogP contribution in [0.2, 0.25) is 0 Å². The Labute approximate surface area is 300 Å². The largest absolute Gasteiger partial charge is 0.356 e. The molecule has 0 aromatic rings. The van der Waals surface area contributed by atoms with E-state index in [0.717, 1.165) is 58.5 Å². The molecule has 0 aliphatic rings. The number of hydrogen-bond acceptors (Lipinski definition) is 4. The van der Waals surface area contributed by atoms with Gasteiger partial charge in [-0.1, -0.05) is 181 Å². The maximum atomic E-state index is 12.2. The molecule has 0 unspecified atom stereocenters. The van der Waals surface area contributed by atoms with Crippen molar-refractivity contribution in [2.75, 3.05) is 46.3 Å². The molecule has 0 heterocycles. The number of rotatable bonds is 40. The molecular weight excluding hydrogens is 592 g/mol. The first-order valence-corrected chi connectivity index (χ1v) is 21.5. The van der Waals surface area contributed by atoms with Gasteiger partial charge >= 0.3 is 0 Å². The monoisotopic (exact) mass is 679 g/mol. The first-order valence-electron chi connectivity index (χ1n) is 21.5. The normalized spacial score (nSPS) is 11.4. The maximum absolute atomic E-state index is 12.2. The van der Waals surface area contributed by atoms with Gasteiger partial charge in [0.1, 0.15) is 0 Å². The minimum Gasteiger partial charge on any atom is -0.356 e. The molecule has 0 saturated heterocycles. The highest BCUT2D eigenvalue weighted by atomic mass is 16.2. The molecule has 3 N–H and O–H groups in total. The molecule has 0 aromatic heterocycles. The summed E-state index contributed by atoms with van der Waals surface area (Å²) in [6.45, 7) is 9.59. The van der Waals surface area contributed by atoms with E-state index >= 15 is 0 Å². The highest BCUT2D eigenvalue weighted by Gasteiger charge is 2.05. The SMILES string of the molecule is CCCCCCCCCCCCCCCCNC(=O)CCNCCCN(C)CCC(=O)NCCCCCCCCCCCCCCCC. The first kappa shape index (κ1) is 46.9. The molecule has 6 heteroatoms. The second kappa shape index (κ2) is 40.3. The summed E-state index contributed by atoms with van der Waals surface area (Å²) in [7, 11) is 2.09. The molecule has 0 aliphatic carbocycles. The van der Waals surface area contributed by atoms with Gasteiger partial charge in [-0.2, -0.15) is 0 Å². The molecule has 0 rings (SSSR count). The van der Waals surface area contributed by atoms with E-state index in [-0.39, 0.29) is 11.8 Å². The van der Waals surface area contributed by atoms with Gasteiger partial charge in [0.15, 0.2) is 0 Å². The van der Waals surface area contributed by atoms with Crippen LogP contribution in [0.1, 0.15) is 213 Å². The third-order valence-electron chi connectivity index (χ3n) is 9.85. The Kier molecular flexibility index (Phi) is 39.3. The number of hydrogen-bond donors (Lipinski definition) is 3. The molecule has 0 aromatic carbocycles. The lowest BCUT2D eigenvalue weighted by molar-refractivity contribution is -0.122. The summed E-state index contributed by atoms with van der Waals surface area (Å²) in [5.74, 6) is 0.337. The average molecular weight is 679 g/mol. The van der Waals surface area contributed by atoms with Crippen molar-refractivity contribution in [2.24, 2.45) is 0 Å². The van der Waals surface area contributed by atoms with Crippen molar-refractivity contribution in [3.63, 3.8) is 0 Å². The fourth-order valence-corrected chi connectivity index (χ4v) is 6.48. The Morgan fingerprint density at radius 1 is 0.375 bits per heavy atom. The molecule has 0 aliphatic heterocycles. The van der Waals surface area contributed by atoms with E-state index in [9.17, 15) is 9.59 Å². The molecule has 2 amide bonds. The van der Waals surface area contributed by atoms with Crippen molar-refractivity contribution in [1.82, 2.24) is 20.9 Å². The molecule has 6 nitrogen and oxygen atoms in total. The highest BCUT2D eigenvalue weighted by molar-refractivity contribution is 5.76. The number of unbranched alkanes of at least 4 members (excludes halogenated alkanes) is 26. The Morgan fingerprint density at radius 2 is 0.708 bits per heavy atom. The smallest absolute Gasteiger partial charge is 0.221 e. The van der Waals surface area contributed by atoms with E-state index in [4.69, 9.17) is 0 Å². The van der Waals surface area contributed by atoms with Crippen molar-refractivity contribution < 1.29 is 9.59 Å². The predicted octanol–water partition coefficient (Wildman–Crippen LogP) is 10.9. The van der Waals surface area contributed by atoms with Crippen molar-refractivity contribution in [3.05, 3.63) is 0 Å². The summed E-state index contributed by atoms with van der Waals surface area (Å²) in [5.41, 5.74) is 0. The fourth-order valence-electron chi connectivity index (χ4n) is 6.48. The molecule has 0 saturated carbocycles. The zero-order valence-corrected chi connectivity index (χ0v) is 32.9. The quantitative estimate of drug-likeness (QED) is 0.0564. The van der Waals surface area contributed by atoms with Gasteiger partial charge < -0.3 is 20.9 Å². The highest BCUT2D eigenvalue weighted by Crippen LogP contribution is 2.14. The van der Waals surface area contributed by atoms with Gasteiger partial charge in [-0.15, -0.1) is 0 Å². The summed E-state index contributed by atoms with van der Waals surface area (Å²) >= 11 is 0. The topological polar surface area (TPSA) is 73.5 Å². The number of amides is 2.